The molecule has 1 aliphatic rings. The van der Waals surface area contributed by atoms with E-state index in [-0.39, 0.29) is 77.2 Å². The quantitative estimate of drug-likeness (QED) is 0.0366. The topological polar surface area (TPSA) is 377 Å². The van der Waals surface area contributed by atoms with Crippen LogP contribution in [0.25, 0.3) is 0 Å². The van der Waals surface area contributed by atoms with Gasteiger partial charge in [0.05, 0.1) is 19.2 Å². The Balaban J connectivity index is 2.89. The number of aliphatic hydroxyl groups is 1. The van der Waals surface area contributed by atoms with Gasteiger partial charge in [0, 0.05) is 19.0 Å². The summed E-state index contributed by atoms with van der Waals surface area (Å²) in [5.74, 6) is -5.97. The number of likely N-dealkylation sites (tertiary alicyclic amines) is 1. The van der Waals surface area contributed by atoms with Crippen molar-refractivity contribution in [1.82, 2.24) is 47.4 Å². The minimum absolute atomic E-state index is 0.00740. The average Bonchev–Trinajstić information content (AvgIpc) is 3.43. The molecule has 0 spiro atoms. The lowest BCUT2D eigenvalue weighted by Crippen LogP contribution is -2.60. The first kappa shape index (κ1) is 51.0. The third kappa shape index (κ3) is 16.9. The molecule has 1 fully saturated rings. The summed E-state index contributed by atoms with van der Waals surface area (Å²) in [5.41, 5.74) is 22.7. The predicted octanol–water partition coefficient (Wildman–Crippen LogP) is -6.66. The highest BCUT2D eigenvalue weighted by Crippen LogP contribution is 2.24. The molecule has 0 aliphatic carbocycles. The number of aliphatic hydroxyl groups excluding tert-OH is 1. The number of carbonyl (C=O) groups is 9. The fraction of sp³-hybridized carbons (Fsp3) is 0.743. The number of rotatable bonds is 27. The summed E-state index contributed by atoms with van der Waals surface area (Å²) in [6.45, 7) is 5.63. The molecule has 7 unspecified atom stereocenters. The van der Waals surface area contributed by atoms with Gasteiger partial charge in [0.2, 0.25) is 53.2 Å². The Bertz CT molecular complexity index is 1420. The highest BCUT2D eigenvalue weighted by atomic mass is 16.3. The number of nitrogens with two attached hydrogens (primary N) is 4. The van der Waals surface area contributed by atoms with Gasteiger partial charge in [-0.25, -0.2) is 0 Å². The van der Waals surface area contributed by atoms with Crippen LogP contribution < -0.4 is 65.5 Å². The van der Waals surface area contributed by atoms with Crippen LogP contribution in [0.5, 0.6) is 0 Å². The van der Waals surface area contributed by atoms with Crippen LogP contribution in [0.4, 0.5) is 0 Å². The van der Waals surface area contributed by atoms with Gasteiger partial charge in [-0.2, -0.15) is 0 Å². The zero-order valence-corrected chi connectivity index (χ0v) is 33.9. The lowest BCUT2D eigenvalue weighted by Gasteiger charge is -2.32. The lowest BCUT2D eigenvalue weighted by molar-refractivity contribution is -0.142. The molecule has 9 amide bonds. The predicted molar refractivity (Wildman–Crippen MR) is 210 cm³/mol. The van der Waals surface area contributed by atoms with Crippen LogP contribution in [0.2, 0.25) is 0 Å². The van der Waals surface area contributed by atoms with E-state index in [0.717, 1.165) is 0 Å². The highest BCUT2D eigenvalue weighted by Gasteiger charge is 2.44. The van der Waals surface area contributed by atoms with Crippen LogP contribution in [0.1, 0.15) is 72.6 Å². The van der Waals surface area contributed by atoms with Crippen molar-refractivity contribution in [2.24, 2.45) is 22.9 Å². The highest BCUT2D eigenvalue weighted by molar-refractivity contribution is 5.97. The fourth-order valence-corrected chi connectivity index (χ4v) is 6.17. The van der Waals surface area contributed by atoms with Crippen LogP contribution in [0.15, 0.2) is 0 Å². The molecule has 0 radical (unpaired) electrons. The van der Waals surface area contributed by atoms with Crippen LogP contribution in [0, 0.1) is 0 Å². The van der Waals surface area contributed by atoms with E-state index < -0.39 is 109 Å². The summed E-state index contributed by atoms with van der Waals surface area (Å²) in [5, 5.41) is 30.0. The summed E-state index contributed by atoms with van der Waals surface area (Å²) in [6.07, 6.45) is -0.306. The fourth-order valence-electron chi connectivity index (χ4n) is 6.17. The first-order valence-corrected chi connectivity index (χ1v) is 19.6. The zero-order chi connectivity index (χ0) is 43.9. The maximum Gasteiger partial charge on any atom is 0.246 e. The van der Waals surface area contributed by atoms with E-state index in [2.05, 4.69) is 42.5 Å². The third-order valence-corrected chi connectivity index (χ3v) is 9.06. The second-order valence-electron chi connectivity index (χ2n) is 13.9. The Kier molecular flexibility index (Phi) is 23.6. The molecule has 23 nitrogen and oxygen atoms in total. The van der Waals surface area contributed by atoms with Gasteiger partial charge in [-0.15, -0.1) is 0 Å². The maximum atomic E-state index is 13.6. The van der Waals surface area contributed by atoms with Crippen molar-refractivity contribution < 1.29 is 48.3 Å². The van der Waals surface area contributed by atoms with Crippen molar-refractivity contribution in [3.8, 4) is 0 Å². The number of nitrogens with one attached hydrogen (secondary N) is 8. The van der Waals surface area contributed by atoms with Gasteiger partial charge >= 0.3 is 0 Å². The molecule has 0 aromatic carbocycles. The molecule has 58 heavy (non-hydrogen) atoms. The van der Waals surface area contributed by atoms with E-state index in [0.29, 0.717) is 6.42 Å². The Morgan fingerprint density at radius 1 is 0.672 bits per heavy atom. The standard InChI is InChI=1S/C35H65N13O10/c1-5-7-26(50)43-21(8-12-36)30(53)41-17-27(51)44-22(9-13-37)31(54)42-18-28(52)45-24-16-19(3)48(35(24)58)25(11-15-39)33(56)46-23(10-14-38)32(55)47-29(20(4)49)34(57)40-6-2/h19-25,29,49H,5-18,36-39H2,1-4H3,(H,40,57)(H,41,53)(H,42,54)(H,43,50)(H,44,51)(H,45,52)(H,46,56)(H,47,55)/t19?,20?,21?,22?,23?,24?,25?,29-/m0/s1. The number of hydrogen-bond donors (Lipinski definition) is 13. The van der Waals surface area contributed by atoms with Crippen LogP contribution >= 0.6 is 0 Å². The molecule has 17 N–H and O–H groups in total. The number of nitrogens with zero attached hydrogens (tertiary/aromatic N) is 1. The molecule has 8 atom stereocenters. The molecule has 1 rings (SSSR count). The summed E-state index contributed by atoms with van der Waals surface area (Å²) in [7, 11) is 0. The molecule has 1 saturated heterocycles. The van der Waals surface area contributed by atoms with Gasteiger partial charge < -0.3 is 75.5 Å². The SMILES string of the molecule is CCCC(=O)NC(CCN)C(=O)NCC(=O)NC(CCN)C(=O)NCC(=O)NC1CC(C)N(C(CCN)C(=O)NC(CCN)C(=O)N[C@H](C(=O)NCC)C(C)O)C1=O. The number of hydrogen-bond acceptors (Lipinski definition) is 14. The first-order valence-electron chi connectivity index (χ1n) is 19.6. The summed E-state index contributed by atoms with van der Waals surface area (Å²) >= 11 is 0. The van der Waals surface area contributed by atoms with E-state index in [1.807, 2.05) is 0 Å². The molecule has 1 aliphatic heterocycles. The molecule has 0 saturated carbocycles. The molecule has 23 heteroatoms. The second kappa shape index (κ2) is 26.9. The van der Waals surface area contributed by atoms with Crippen LogP contribution in [-0.4, -0.2) is 157 Å². The van der Waals surface area contributed by atoms with Crippen molar-refractivity contribution in [3.63, 3.8) is 0 Å². The lowest BCUT2D eigenvalue weighted by atomic mass is 10.1. The zero-order valence-electron chi connectivity index (χ0n) is 33.9. The Hall–Kier alpha value is -4.97. The third-order valence-electron chi connectivity index (χ3n) is 9.06. The summed E-state index contributed by atoms with van der Waals surface area (Å²) in [6, 6.07) is -7.49. The van der Waals surface area contributed by atoms with Gasteiger partial charge in [-0.3, -0.25) is 43.2 Å². The van der Waals surface area contributed by atoms with Crippen molar-refractivity contribution >= 4 is 53.2 Å². The van der Waals surface area contributed by atoms with E-state index in [9.17, 15) is 48.3 Å². The molecule has 0 bridgehead atoms. The van der Waals surface area contributed by atoms with Gasteiger partial charge in [0.1, 0.15) is 36.3 Å². The van der Waals surface area contributed by atoms with Gasteiger partial charge in [0.25, 0.3) is 0 Å². The molecular weight excluding hydrogens is 762 g/mol. The van der Waals surface area contributed by atoms with Crippen molar-refractivity contribution in [2.45, 2.75) is 121 Å². The minimum Gasteiger partial charge on any atom is -0.391 e. The van der Waals surface area contributed by atoms with Gasteiger partial charge in [-0.05, 0) is 85.5 Å². The van der Waals surface area contributed by atoms with Crippen molar-refractivity contribution in [3.05, 3.63) is 0 Å². The molecular formula is C35H65N13O10. The van der Waals surface area contributed by atoms with Crippen molar-refractivity contribution in [1.29, 1.82) is 0 Å². The normalized spacial score (nSPS) is 18.0. The largest absolute Gasteiger partial charge is 0.391 e. The Labute approximate surface area is 338 Å². The van der Waals surface area contributed by atoms with E-state index in [1.165, 1.54) is 11.8 Å². The number of carbonyl (C=O) groups excluding carboxylic acids is 9. The van der Waals surface area contributed by atoms with Gasteiger partial charge in [-0.1, -0.05) is 6.92 Å². The smallest absolute Gasteiger partial charge is 0.246 e. The van der Waals surface area contributed by atoms with Crippen LogP contribution in [0.3, 0.4) is 0 Å². The Morgan fingerprint density at radius 2 is 1.17 bits per heavy atom. The van der Waals surface area contributed by atoms with E-state index in [4.69, 9.17) is 22.9 Å². The van der Waals surface area contributed by atoms with Crippen molar-refractivity contribution in [2.75, 3.05) is 45.8 Å². The Morgan fingerprint density at radius 3 is 1.66 bits per heavy atom. The molecule has 1 heterocycles. The van der Waals surface area contributed by atoms with E-state index >= 15 is 0 Å². The number of likely N-dealkylation sites (N-methyl/N-ethyl adjacent to an activating group) is 1. The van der Waals surface area contributed by atoms with Crippen LogP contribution in [-0.2, 0) is 43.2 Å². The maximum absolute atomic E-state index is 13.6. The second-order valence-corrected chi connectivity index (χ2v) is 13.9. The first-order chi connectivity index (χ1) is 27.5. The van der Waals surface area contributed by atoms with Gasteiger partial charge in [0.15, 0.2) is 0 Å². The number of amides is 9. The average molecular weight is 828 g/mol. The molecule has 0 aromatic rings. The summed E-state index contributed by atoms with van der Waals surface area (Å²) in [4.78, 5) is 117. The molecule has 330 valence electrons. The minimum atomic E-state index is -1.31. The molecule has 0 aromatic heterocycles. The summed E-state index contributed by atoms with van der Waals surface area (Å²) < 4.78 is 0. The van der Waals surface area contributed by atoms with E-state index in [1.54, 1.807) is 20.8 Å². The monoisotopic (exact) mass is 827 g/mol.